The van der Waals surface area contributed by atoms with Crippen LogP contribution in [-0.4, -0.2) is 28.2 Å². The molecule has 17 heavy (non-hydrogen) atoms. The van der Waals surface area contributed by atoms with E-state index in [9.17, 15) is 12.8 Å². The normalized spacial score (nSPS) is 13.6. The number of halogens is 1. The standard InChI is InChI=1S/C10H15FN2O3S/c1-7(16-2)6-13-17(14,15)10-4-3-8(12)5-9(10)11/h3-5,7,13H,6,12H2,1-2H3. The highest BCUT2D eigenvalue weighted by Gasteiger charge is 2.19. The van der Waals surface area contributed by atoms with E-state index >= 15 is 0 Å². The number of anilines is 1. The van der Waals surface area contributed by atoms with Gasteiger partial charge in [-0.2, -0.15) is 0 Å². The van der Waals surface area contributed by atoms with E-state index in [1.807, 2.05) is 0 Å². The lowest BCUT2D eigenvalue weighted by Crippen LogP contribution is -2.32. The second kappa shape index (κ2) is 5.44. The molecule has 0 amide bonds. The third kappa shape index (κ3) is 3.65. The van der Waals surface area contributed by atoms with Gasteiger partial charge in [0, 0.05) is 19.3 Å². The van der Waals surface area contributed by atoms with Gasteiger partial charge in [-0.3, -0.25) is 0 Å². The Balaban J connectivity index is 2.90. The van der Waals surface area contributed by atoms with Crippen molar-refractivity contribution in [3.8, 4) is 0 Å². The zero-order valence-corrected chi connectivity index (χ0v) is 10.4. The molecule has 1 rings (SSSR count). The van der Waals surface area contributed by atoms with Crippen LogP contribution < -0.4 is 10.5 Å². The van der Waals surface area contributed by atoms with Crippen molar-refractivity contribution in [2.24, 2.45) is 0 Å². The molecule has 0 aromatic heterocycles. The molecule has 96 valence electrons. The second-order valence-electron chi connectivity index (χ2n) is 3.59. The van der Waals surface area contributed by atoms with Crippen LogP contribution in [0.1, 0.15) is 6.92 Å². The Bertz CT molecular complexity index is 490. The van der Waals surface area contributed by atoms with E-state index in [1.54, 1.807) is 6.92 Å². The first-order chi connectivity index (χ1) is 7.86. The molecule has 0 fully saturated rings. The number of benzene rings is 1. The summed E-state index contributed by atoms with van der Waals surface area (Å²) in [6.45, 7) is 1.77. The first kappa shape index (κ1) is 13.9. The van der Waals surface area contributed by atoms with Crippen molar-refractivity contribution in [1.82, 2.24) is 4.72 Å². The number of hydrogen-bond donors (Lipinski definition) is 2. The van der Waals surface area contributed by atoms with Gasteiger partial charge in [0.1, 0.15) is 10.7 Å². The quantitative estimate of drug-likeness (QED) is 0.766. The first-order valence-electron chi connectivity index (χ1n) is 4.94. The molecule has 1 aromatic rings. The van der Waals surface area contributed by atoms with Crippen LogP contribution in [0.15, 0.2) is 23.1 Å². The maximum absolute atomic E-state index is 13.4. The molecule has 0 saturated carbocycles. The highest BCUT2D eigenvalue weighted by Crippen LogP contribution is 2.16. The van der Waals surface area contributed by atoms with E-state index < -0.39 is 20.7 Å². The van der Waals surface area contributed by atoms with Gasteiger partial charge in [-0.05, 0) is 25.1 Å². The highest BCUT2D eigenvalue weighted by atomic mass is 32.2. The minimum atomic E-state index is -3.87. The summed E-state index contributed by atoms with van der Waals surface area (Å²) in [5.74, 6) is -0.873. The van der Waals surface area contributed by atoms with E-state index in [0.29, 0.717) is 0 Å². The van der Waals surface area contributed by atoms with E-state index in [1.165, 1.54) is 13.2 Å². The Morgan fingerprint density at radius 3 is 2.71 bits per heavy atom. The van der Waals surface area contributed by atoms with Gasteiger partial charge in [0.05, 0.1) is 6.10 Å². The third-order valence-corrected chi connectivity index (χ3v) is 3.67. The molecule has 5 nitrogen and oxygen atoms in total. The minimum absolute atomic E-state index is 0.0721. The van der Waals surface area contributed by atoms with Crippen molar-refractivity contribution in [3.05, 3.63) is 24.0 Å². The lowest BCUT2D eigenvalue weighted by atomic mass is 10.3. The van der Waals surface area contributed by atoms with Crippen LogP contribution in [0.2, 0.25) is 0 Å². The number of ether oxygens (including phenoxy) is 1. The molecule has 0 heterocycles. The average molecular weight is 262 g/mol. The number of sulfonamides is 1. The maximum Gasteiger partial charge on any atom is 0.243 e. The fourth-order valence-electron chi connectivity index (χ4n) is 1.12. The van der Waals surface area contributed by atoms with Gasteiger partial charge in [-0.25, -0.2) is 17.5 Å². The number of nitrogen functional groups attached to an aromatic ring is 1. The Kier molecular flexibility index (Phi) is 4.44. The molecule has 1 unspecified atom stereocenters. The molecule has 1 aromatic carbocycles. The van der Waals surface area contributed by atoms with E-state index in [0.717, 1.165) is 12.1 Å². The SMILES string of the molecule is COC(C)CNS(=O)(=O)c1ccc(N)cc1F. The topological polar surface area (TPSA) is 81.4 Å². The van der Waals surface area contributed by atoms with Gasteiger partial charge in [0.15, 0.2) is 0 Å². The molecule has 7 heteroatoms. The molecular weight excluding hydrogens is 247 g/mol. The molecule has 0 aliphatic heterocycles. The highest BCUT2D eigenvalue weighted by molar-refractivity contribution is 7.89. The summed E-state index contributed by atoms with van der Waals surface area (Å²) in [6.07, 6.45) is -0.290. The molecule has 0 radical (unpaired) electrons. The van der Waals surface area contributed by atoms with Gasteiger partial charge in [-0.1, -0.05) is 0 Å². The molecular formula is C10H15FN2O3S. The zero-order chi connectivity index (χ0) is 13.1. The van der Waals surface area contributed by atoms with Crippen molar-refractivity contribution >= 4 is 15.7 Å². The van der Waals surface area contributed by atoms with Crippen LogP contribution in [0, 0.1) is 5.82 Å². The van der Waals surface area contributed by atoms with Gasteiger partial charge in [-0.15, -0.1) is 0 Å². The van der Waals surface area contributed by atoms with E-state index in [-0.39, 0.29) is 18.3 Å². The summed E-state index contributed by atoms with van der Waals surface area (Å²) in [4.78, 5) is -0.421. The molecule has 0 aliphatic carbocycles. The van der Waals surface area contributed by atoms with Crippen molar-refractivity contribution in [1.29, 1.82) is 0 Å². The van der Waals surface area contributed by atoms with Crippen molar-refractivity contribution in [2.75, 3.05) is 19.4 Å². The monoisotopic (exact) mass is 262 g/mol. The summed E-state index contributed by atoms with van der Waals surface area (Å²) in [6, 6.07) is 3.43. The Morgan fingerprint density at radius 1 is 1.53 bits per heavy atom. The van der Waals surface area contributed by atoms with Crippen LogP contribution in [-0.2, 0) is 14.8 Å². The van der Waals surface area contributed by atoms with Crippen LogP contribution in [0.4, 0.5) is 10.1 Å². The number of methoxy groups -OCH3 is 1. The molecule has 0 bridgehead atoms. The number of hydrogen-bond acceptors (Lipinski definition) is 4. The lowest BCUT2D eigenvalue weighted by Gasteiger charge is -2.11. The van der Waals surface area contributed by atoms with Crippen LogP contribution >= 0.6 is 0 Å². The fourth-order valence-corrected chi connectivity index (χ4v) is 2.30. The predicted octanol–water partition coefficient (Wildman–Crippen LogP) is 0.721. The minimum Gasteiger partial charge on any atom is -0.399 e. The molecule has 0 spiro atoms. The van der Waals surface area contributed by atoms with Crippen molar-refractivity contribution in [3.63, 3.8) is 0 Å². The third-order valence-electron chi connectivity index (χ3n) is 2.21. The van der Waals surface area contributed by atoms with Crippen molar-refractivity contribution in [2.45, 2.75) is 17.9 Å². The van der Waals surface area contributed by atoms with E-state index in [2.05, 4.69) is 4.72 Å². The average Bonchev–Trinajstić information content (AvgIpc) is 2.25. The van der Waals surface area contributed by atoms with Gasteiger partial charge in [0.2, 0.25) is 10.0 Å². The number of nitrogens with two attached hydrogens (primary N) is 1. The smallest absolute Gasteiger partial charge is 0.243 e. The summed E-state index contributed by atoms with van der Waals surface area (Å²) in [5, 5.41) is 0. The summed E-state index contributed by atoms with van der Waals surface area (Å²) in [7, 11) is -2.41. The summed E-state index contributed by atoms with van der Waals surface area (Å²) >= 11 is 0. The maximum atomic E-state index is 13.4. The summed E-state index contributed by atoms with van der Waals surface area (Å²) in [5.41, 5.74) is 5.51. The van der Waals surface area contributed by atoms with Gasteiger partial charge in [0.25, 0.3) is 0 Å². The van der Waals surface area contributed by atoms with E-state index in [4.69, 9.17) is 10.5 Å². The van der Waals surface area contributed by atoms with Crippen molar-refractivity contribution < 1.29 is 17.5 Å². The second-order valence-corrected chi connectivity index (χ2v) is 5.32. The fraction of sp³-hybridized carbons (Fsp3) is 0.400. The number of rotatable bonds is 5. The molecule has 1 atom stereocenters. The number of nitrogens with one attached hydrogen (secondary N) is 1. The first-order valence-corrected chi connectivity index (χ1v) is 6.42. The largest absolute Gasteiger partial charge is 0.399 e. The molecule has 0 aliphatic rings. The van der Waals surface area contributed by atoms with Crippen LogP contribution in [0.25, 0.3) is 0 Å². The Morgan fingerprint density at radius 2 is 2.18 bits per heavy atom. The Hall–Kier alpha value is -1.18. The lowest BCUT2D eigenvalue weighted by molar-refractivity contribution is 0.122. The Labute approximate surface area is 99.8 Å². The van der Waals surface area contributed by atoms with Crippen LogP contribution in [0.5, 0.6) is 0 Å². The molecule has 0 saturated heterocycles. The molecule has 3 N–H and O–H groups in total. The predicted molar refractivity (Wildman–Crippen MR) is 62.5 cm³/mol. The van der Waals surface area contributed by atoms with Gasteiger partial charge >= 0.3 is 0 Å². The van der Waals surface area contributed by atoms with Gasteiger partial charge < -0.3 is 10.5 Å². The van der Waals surface area contributed by atoms with Crippen LogP contribution in [0.3, 0.4) is 0 Å². The zero-order valence-electron chi connectivity index (χ0n) is 9.60. The summed E-state index contributed by atoms with van der Waals surface area (Å²) < 4.78 is 44.0.